The standard InChI is InChI=1S/C18H19NO2S/c1-21-16-9-4-3-8-15(16)18(10-11-18)17(20)19-13-6-5-7-14(12-13)22-2/h3-9,12H,10-11H2,1-2H3,(H,19,20). The molecule has 1 amide bonds. The highest BCUT2D eigenvalue weighted by atomic mass is 32.2. The molecule has 114 valence electrons. The number of carbonyl (C=O) groups is 1. The van der Waals surface area contributed by atoms with Crippen LogP contribution in [0.2, 0.25) is 0 Å². The molecular formula is C18H19NO2S. The third-order valence-electron chi connectivity index (χ3n) is 4.13. The van der Waals surface area contributed by atoms with Crippen molar-refractivity contribution in [3.8, 4) is 5.75 Å². The Morgan fingerprint density at radius 1 is 1.18 bits per heavy atom. The van der Waals surface area contributed by atoms with E-state index in [1.807, 2.05) is 54.8 Å². The lowest BCUT2D eigenvalue weighted by Gasteiger charge is -2.18. The van der Waals surface area contributed by atoms with Crippen LogP contribution in [0, 0.1) is 0 Å². The number of thioether (sulfide) groups is 1. The van der Waals surface area contributed by atoms with Crippen LogP contribution in [0.15, 0.2) is 53.4 Å². The maximum Gasteiger partial charge on any atom is 0.235 e. The SMILES string of the molecule is COc1ccccc1C1(C(=O)Nc2cccc(SC)c2)CC1. The van der Waals surface area contributed by atoms with Gasteiger partial charge in [0, 0.05) is 16.1 Å². The van der Waals surface area contributed by atoms with Crippen molar-refractivity contribution < 1.29 is 9.53 Å². The predicted octanol–water partition coefficient (Wildman–Crippen LogP) is 4.09. The normalized spacial score (nSPS) is 15.2. The van der Waals surface area contributed by atoms with Crippen molar-refractivity contribution in [1.29, 1.82) is 0 Å². The molecular weight excluding hydrogens is 294 g/mol. The number of carbonyl (C=O) groups excluding carboxylic acids is 1. The Kier molecular flexibility index (Phi) is 4.12. The van der Waals surface area contributed by atoms with Gasteiger partial charge in [0.2, 0.25) is 5.91 Å². The number of benzene rings is 2. The Labute approximate surface area is 135 Å². The molecule has 0 heterocycles. The summed E-state index contributed by atoms with van der Waals surface area (Å²) in [4.78, 5) is 13.9. The summed E-state index contributed by atoms with van der Waals surface area (Å²) in [5.74, 6) is 0.836. The van der Waals surface area contributed by atoms with Crippen molar-refractivity contribution >= 4 is 23.4 Å². The summed E-state index contributed by atoms with van der Waals surface area (Å²) in [6, 6.07) is 15.7. The van der Waals surface area contributed by atoms with Gasteiger partial charge < -0.3 is 10.1 Å². The minimum Gasteiger partial charge on any atom is -0.496 e. The topological polar surface area (TPSA) is 38.3 Å². The van der Waals surface area contributed by atoms with E-state index in [2.05, 4.69) is 5.32 Å². The van der Waals surface area contributed by atoms with Crippen LogP contribution in [-0.4, -0.2) is 19.3 Å². The molecule has 2 aromatic rings. The first-order valence-electron chi connectivity index (χ1n) is 7.28. The van der Waals surface area contributed by atoms with E-state index in [4.69, 9.17) is 4.74 Å². The van der Waals surface area contributed by atoms with Crippen molar-refractivity contribution in [1.82, 2.24) is 0 Å². The molecule has 1 fully saturated rings. The number of methoxy groups -OCH3 is 1. The van der Waals surface area contributed by atoms with Gasteiger partial charge in [0.05, 0.1) is 12.5 Å². The lowest BCUT2D eigenvalue weighted by Crippen LogP contribution is -2.28. The Hall–Kier alpha value is -1.94. The number of rotatable bonds is 5. The molecule has 0 atom stereocenters. The second kappa shape index (κ2) is 6.05. The van der Waals surface area contributed by atoms with Crippen LogP contribution in [0.5, 0.6) is 5.75 Å². The smallest absolute Gasteiger partial charge is 0.235 e. The van der Waals surface area contributed by atoms with Gasteiger partial charge >= 0.3 is 0 Å². The molecule has 2 aromatic carbocycles. The molecule has 1 saturated carbocycles. The largest absolute Gasteiger partial charge is 0.496 e. The highest BCUT2D eigenvalue weighted by Crippen LogP contribution is 2.52. The summed E-state index contributed by atoms with van der Waals surface area (Å²) in [7, 11) is 1.65. The summed E-state index contributed by atoms with van der Waals surface area (Å²) in [6.07, 6.45) is 3.75. The minimum absolute atomic E-state index is 0.0512. The fourth-order valence-corrected chi connectivity index (χ4v) is 3.19. The molecule has 22 heavy (non-hydrogen) atoms. The maximum absolute atomic E-state index is 12.8. The molecule has 1 aliphatic carbocycles. The van der Waals surface area contributed by atoms with Crippen LogP contribution < -0.4 is 10.1 Å². The van der Waals surface area contributed by atoms with E-state index < -0.39 is 5.41 Å². The van der Waals surface area contributed by atoms with Gasteiger partial charge in [-0.1, -0.05) is 24.3 Å². The summed E-state index contributed by atoms with van der Waals surface area (Å²) < 4.78 is 5.43. The lowest BCUT2D eigenvalue weighted by atomic mass is 9.94. The molecule has 3 rings (SSSR count). The van der Waals surface area contributed by atoms with Gasteiger partial charge in [0.25, 0.3) is 0 Å². The van der Waals surface area contributed by atoms with Crippen LogP contribution in [0.25, 0.3) is 0 Å². The summed E-state index contributed by atoms with van der Waals surface area (Å²) in [5.41, 5.74) is 1.39. The molecule has 0 bridgehead atoms. The first kappa shape index (κ1) is 15.0. The molecule has 0 aliphatic heterocycles. The Balaban J connectivity index is 1.85. The van der Waals surface area contributed by atoms with E-state index in [1.165, 1.54) is 0 Å². The van der Waals surface area contributed by atoms with Gasteiger partial charge in [-0.05, 0) is 43.4 Å². The third-order valence-corrected chi connectivity index (χ3v) is 4.86. The average Bonchev–Trinajstić information content (AvgIpc) is 3.37. The van der Waals surface area contributed by atoms with Crippen LogP contribution in [-0.2, 0) is 10.2 Å². The van der Waals surface area contributed by atoms with Crippen molar-refractivity contribution in [2.75, 3.05) is 18.7 Å². The number of para-hydroxylation sites is 1. The second-order valence-corrected chi connectivity index (χ2v) is 6.35. The van der Waals surface area contributed by atoms with Gasteiger partial charge in [-0.15, -0.1) is 11.8 Å². The average molecular weight is 313 g/mol. The molecule has 0 aromatic heterocycles. The van der Waals surface area contributed by atoms with Gasteiger partial charge in [0.15, 0.2) is 0 Å². The van der Waals surface area contributed by atoms with Gasteiger partial charge in [-0.3, -0.25) is 4.79 Å². The first-order chi connectivity index (χ1) is 10.7. The maximum atomic E-state index is 12.8. The van der Waals surface area contributed by atoms with E-state index >= 15 is 0 Å². The first-order valence-corrected chi connectivity index (χ1v) is 8.51. The Morgan fingerprint density at radius 3 is 2.64 bits per heavy atom. The quantitative estimate of drug-likeness (QED) is 0.845. The lowest BCUT2D eigenvalue weighted by molar-refractivity contribution is -0.118. The van der Waals surface area contributed by atoms with Crippen LogP contribution >= 0.6 is 11.8 Å². The molecule has 3 nitrogen and oxygen atoms in total. The molecule has 0 unspecified atom stereocenters. The van der Waals surface area contributed by atoms with Crippen molar-refractivity contribution in [2.45, 2.75) is 23.2 Å². The van der Waals surface area contributed by atoms with Crippen molar-refractivity contribution in [3.63, 3.8) is 0 Å². The fraction of sp³-hybridized carbons (Fsp3) is 0.278. The van der Waals surface area contributed by atoms with Crippen molar-refractivity contribution in [3.05, 3.63) is 54.1 Å². The van der Waals surface area contributed by atoms with Crippen LogP contribution in [0.4, 0.5) is 5.69 Å². The van der Waals surface area contributed by atoms with Gasteiger partial charge in [-0.25, -0.2) is 0 Å². The zero-order chi connectivity index (χ0) is 15.6. The summed E-state index contributed by atoms with van der Waals surface area (Å²) in [5, 5.41) is 3.06. The highest BCUT2D eigenvalue weighted by molar-refractivity contribution is 7.98. The van der Waals surface area contributed by atoms with E-state index in [9.17, 15) is 4.79 Å². The number of ether oxygens (including phenoxy) is 1. The zero-order valence-electron chi connectivity index (χ0n) is 12.8. The number of hydrogen-bond acceptors (Lipinski definition) is 3. The predicted molar refractivity (Wildman–Crippen MR) is 90.8 cm³/mol. The molecule has 0 saturated heterocycles. The Bertz CT molecular complexity index is 695. The number of anilines is 1. The van der Waals surface area contributed by atoms with Gasteiger partial charge in [0.1, 0.15) is 5.75 Å². The fourth-order valence-electron chi connectivity index (χ4n) is 2.74. The van der Waals surface area contributed by atoms with E-state index in [0.29, 0.717) is 0 Å². The zero-order valence-corrected chi connectivity index (χ0v) is 13.6. The summed E-state index contributed by atoms with van der Waals surface area (Å²) >= 11 is 1.66. The van der Waals surface area contributed by atoms with Gasteiger partial charge in [-0.2, -0.15) is 0 Å². The molecule has 0 spiro atoms. The Morgan fingerprint density at radius 2 is 1.95 bits per heavy atom. The molecule has 4 heteroatoms. The number of nitrogens with one attached hydrogen (secondary N) is 1. The molecule has 1 N–H and O–H groups in total. The van der Waals surface area contributed by atoms with Crippen molar-refractivity contribution in [2.24, 2.45) is 0 Å². The van der Waals surface area contributed by atoms with E-state index in [-0.39, 0.29) is 5.91 Å². The van der Waals surface area contributed by atoms with E-state index in [0.717, 1.165) is 34.7 Å². The molecule has 1 aliphatic rings. The minimum atomic E-state index is -0.442. The van der Waals surface area contributed by atoms with Crippen LogP contribution in [0.1, 0.15) is 18.4 Å². The summed E-state index contributed by atoms with van der Waals surface area (Å²) in [6.45, 7) is 0. The van der Waals surface area contributed by atoms with Crippen LogP contribution in [0.3, 0.4) is 0 Å². The second-order valence-electron chi connectivity index (χ2n) is 5.47. The number of hydrogen-bond donors (Lipinski definition) is 1. The third kappa shape index (κ3) is 2.71. The number of amides is 1. The monoisotopic (exact) mass is 313 g/mol. The van der Waals surface area contributed by atoms with E-state index in [1.54, 1.807) is 18.9 Å². The highest BCUT2D eigenvalue weighted by Gasteiger charge is 2.52. The molecule has 0 radical (unpaired) electrons.